The zero-order chi connectivity index (χ0) is 19.8. The molecule has 144 valence electrons. The van der Waals surface area contributed by atoms with Crippen molar-refractivity contribution in [1.82, 2.24) is 15.5 Å². The van der Waals surface area contributed by atoms with Crippen LogP contribution < -0.4 is 10.6 Å². The van der Waals surface area contributed by atoms with E-state index in [1.54, 1.807) is 24.4 Å². The van der Waals surface area contributed by atoms with Crippen LogP contribution in [-0.4, -0.2) is 28.5 Å². The summed E-state index contributed by atoms with van der Waals surface area (Å²) in [6.07, 6.45) is 3.58. The third-order valence-corrected chi connectivity index (χ3v) is 4.10. The molecular formula is C21H22N4O3. The maximum Gasteiger partial charge on any atom is 0.259 e. The number of carbonyl (C=O) groups is 2. The highest BCUT2D eigenvalue weighted by Crippen LogP contribution is 2.27. The lowest BCUT2D eigenvalue weighted by Gasteiger charge is -2.07. The van der Waals surface area contributed by atoms with E-state index in [-0.39, 0.29) is 29.7 Å². The summed E-state index contributed by atoms with van der Waals surface area (Å²) < 4.78 is 5.30. The van der Waals surface area contributed by atoms with Crippen LogP contribution in [0.3, 0.4) is 0 Å². The summed E-state index contributed by atoms with van der Waals surface area (Å²) in [4.78, 5) is 29.4. The molecule has 0 aliphatic rings. The minimum absolute atomic E-state index is 0.0237. The lowest BCUT2D eigenvalue weighted by atomic mass is 10.1. The molecule has 2 aromatic heterocycles. The third kappa shape index (κ3) is 4.82. The molecule has 0 atom stereocenters. The van der Waals surface area contributed by atoms with Gasteiger partial charge in [0.25, 0.3) is 5.91 Å². The molecule has 3 aromatic rings. The SMILES string of the molecule is CCCCNC(=O)c1c(-c2ccccn2)noc1NC(=O)Cc1ccccc1. The van der Waals surface area contributed by atoms with E-state index in [1.807, 2.05) is 37.3 Å². The predicted molar refractivity (Wildman–Crippen MR) is 106 cm³/mol. The minimum Gasteiger partial charge on any atom is -0.352 e. The van der Waals surface area contributed by atoms with Gasteiger partial charge in [-0.3, -0.25) is 19.9 Å². The Labute approximate surface area is 163 Å². The Bertz CT molecular complexity index is 923. The second-order valence-electron chi connectivity index (χ2n) is 6.27. The van der Waals surface area contributed by atoms with Gasteiger partial charge in [-0.05, 0) is 24.1 Å². The number of anilines is 1. The number of amides is 2. The summed E-state index contributed by atoms with van der Waals surface area (Å²) in [5.41, 5.74) is 1.83. The molecule has 3 rings (SSSR count). The molecule has 0 fully saturated rings. The summed E-state index contributed by atoms with van der Waals surface area (Å²) in [6.45, 7) is 2.57. The summed E-state index contributed by atoms with van der Waals surface area (Å²) >= 11 is 0. The molecule has 7 heteroatoms. The number of nitrogens with one attached hydrogen (secondary N) is 2. The van der Waals surface area contributed by atoms with Crippen molar-refractivity contribution >= 4 is 17.7 Å². The molecular weight excluding hydrogens is 356 g/mol. The molecule has 0 radical (unpaired) electrons. The molecule has 1 aromatic carbocycles. The summed E-state index contributed by atoms with van der Waals surface area (Å²) in [5, 5.41) is 9.49. The fourth-order valence-corrected chi connectivity index (χ4v) is 2.68. The van der Waals surface area contributed by atoms with Gasteiger partial charge in [0, 0.05) is 12.7 Å². The van der Waals surface area contributed by atoms with Gasteiger partial charge in [-0.1, -0.05) is 54.9 Å². The molecule has 0 saturated heterocycles. The van der Waals surface area contributed by atoms with Gasteiger partial charge in [0.1, 0.15) is 11.3 Å². The van der Waals surface area contributed by atoms with Crippen molar-refractivity contribution in [2.75, 3.05) is 11.9 Å². The Hall–Kier alpha value is -3.48. The average molecular weight is 378 g/mol. The number of carbonyl (C=O) groups excluding carboxylic acids is 2. The van der Waals surface area contributed by atoms with Crippen molar-refractivity contribution in [3.63, 3.8) is 0 Å². The average Bonchev–Trinajstić information content (AvgIpc) is 3.13. The minimum atomic E-state index is -0.356. The molecule has 2 heterocycles. The lowest BCUT2D eigenvalue weighted by molar-refractivity contribution is -0.115. The van der Waals surface area contributed by atoms with Crippen LogP contribution in [0.1, 0.15) is 35.7 Å². The first-order chi connectivity index (χ1) is 13.7. The van der Waals surface area contributed by atoms with Crippen molar-refractivity contribution in [2.45, 2.75) is 26.2 Å². The zero-order valence-electron chi connectivity index (χ0n) is 15.6. The van der Waals surface area contributed by atoms with Crippen LogP contribution in [0.4, 0.5) is 5.88 Å². The number of pyridine rings is 1. The second kappa shape index (κ2) is 9.45. The van der Waals surface area contributed by atoms with Gasteiger partial charge in [0.2, 0.25) is 11.8 Å². The van der Waals surface area contributed by atoms with Crippen LogP contribution in [0.25, 0.3) is 11.4 Å². The quantitative estimate of drug-likeness (QED) is 0.585. The van der Waals surface area contributed by atoms with Crippen LogP contribution in [0.15, 0.2) is 59.3 Å². The van der Waals surface area contributed by atoms with Crippen molar-refractivity contribution in [2.24, 2.45) is 0 Å². The van der Waals surface area contributed by atoms with Crippen LogP contribution >= 0.6 is 0 Å². The van der Waals surface area contributed by atoms with Crippen LogP contribution in [-0.2, 0) is 11.2 Å². The Morgan fingerprint density at radius 3 is 2.57 bits per heavy atom. The van der Waals surface area contributed by atoms with E-state index in [9.17, 15) is 9.59 Å². The highest BCUT2D eigenvalue weighted by Gasteiger charge is 2.26. The number of hydrogen-bond acceptors (Lipinski definition) is 5. The van der Waals surface area contributed by atoms with Crippen molar-refractivity contribution in [3.8, 4) is 11.4 Å². The molecule has 0 bridgehead atoms. The Kier molecular flexibility index (Phi) is 6.51. The molecule has 0 spiro atoms. The first-order valence-electron chi connectivity index (χ1n) is 9.22. The Balaban J connectivity index is 1.84. The van der Waals surface area contributed by atoms with E-state index in [1.165, 1.54) is 0 Å². The van der Waals surface area contributed by atoms with E-state index in [2.05, 4.69) is 20.8 Å². The van der Waals surface area contributed by atoms with Gasteiger partial charge in [0.15, 0.2) is 0 Å². The second-order valence-corrected chi connectivity index (χ2v) is 6.27. The van der Waals surface area contributed by atoms with Gasteiger partial charge >= 0.3 is 0 Å². The maximum absolute atomic E-state index is 12.7. The molecule has 28 heavy (non-hydrogen) atoms. The van der Waals surface area contributed by atoms with Crippen molar-refractivity contribution in [3.05, 3.63) is 65.9 Å². The third-order valence-electron chi connectivity index (χ3n) is 4.10. The number of aromatic nitrogens is 2. The molecule has 0 aliphatic heterocycles. The lowest BCUT2D eigenvalue weighted by Crippen LogP contribution is -2.26. The normalized spacial score (nSPS) is 10.5. The Morgan fingerprint density at radius 1 is 1.07 bits per heavy atom. The van der Waals surface area contributed by atoms with E-state index in [4.69, 9.17) is 4.52 Å². The number of rotatable bonds is 8. The number of hydrogen-bond donors (Lipinski definition) is 2. The number of unbranched alkanes of at least 4 members (excludes halogenated alkanes) is 1. The van der Waals surface area contributed by atoms with Crippen LogP contribution in [0, 0.1) is 0 Å². The Morgan fingerprint density at radius 2 is 1.86 bits per heavy atom. The fourth-order valence-electron chi connectivity index (χ4n) is 2.68. The largest absolute Gasteiger partial charge is 0.352 e. The van der Waals surface area contributed by atoms with Gasteiger partial charge in [-0.15, -0.1) is 0 Å². The zero-order valence-corrected chi connectivity index (χ0v) is 15.6. The first-order valence-corrected chi connectivity index (χ1v) is 9.22. The maximum atomic E-state index is 12.7. The van der Waals surface area contributed by atoms with Gasteiger partial charge in [-0.2, -0.15) is 0 Å². The van der Waals surface area contributed by atoms with E-state index in [0.29, 0.717) is 17.9 Å². The molecule has 0 unspecified atom stereocenters. The fraction of sp³-hybridized carbons (Fsp3) is 0.238. The standard InChI is InChI=1S/C21H22N4O3/c1-2-3-12-23-20(27)18-19(16-11-7-8-13-22-16)25-28-21(18)24-17(26)14-15-9-5-4-6-10-15/h4-11,13H,2-3,12,14H2,1H3,(H,23,27)(H,24,26). The summed E-state index contributed by atoms with van der Waals surface area (Å²) in [5.74, 6) is -0.626. The summed E-state index contributed by atoms with van der Waals surface area (Å²) in [7, 11) is 0. The molecule has 0 aliphatic carbocycles. The number of nitrogens with zero attached hydrogens (tertiary/aromatic N) is 2. The van der Waals surface area contributed by atoms with Gasteiger partial charge in [0.05, 0.1) is 12.1 Å². The molecule has 2 amide bonds. The molecule has 2 N–H and O–H groups in total. The van der Waals surface area contributed by atoms with E-state index >= 15 is 0 Å². The van der Waals surface area contributed by atoms with Crippen molar-refractivity contribution in [1.29, 1.82) is 0 Å². The van der Waals surface area contributed by atoms with E-state index in [0.717, 1.165) is 18.4 Å². The highest BCUT2D eigenvalue weighted by molar-refractivity contribution is 6.06. The predicted octanol–water partition coefficient (Wildman–Crippen LogP) is 3.45. The van der Waals surface area contributed by atoms with Crippen molar-refractivity contribution < 1.29 is 14.1 Å². The highest BCUT2D eigenvalue weighted by atomic mass is 16.5. The number of benzene rings is 1. The van der Waals surface area contributed by atoms with E-state index < -0.39 is 0 Å². The summed E-state index contributed by atoms with van der Waals surface area (Å²) in [6, 6.07) is 14.6. The molecule has 0 saturated carbocycles. The monoisotopic (exact) mass is 378 g/mol. The topological polar surface area (TPSA) is 97.1 Å². The first kappa shape index (κ1) is 19.3. The van der Waals surface area contributed by atoms with Gasteiger partial charge < -0.3 is 9.84 Å². The molecule has 7 nitrogen and oxygen atoms in total. The smallest absolute Gasteiger partial charge is 0.259 e. The van der Waals surface area contributed by atoms with Crippen LogP contribution in [0.2, 0.25) is 0 Å². The van der Waals surface area contributed by atoms with Gasteiger partial charge in [-0.25, -0.2) is 0 Å². The van der Waals surface area contributed by atoms with Crippen LogP contribution in [0.5, 0.6) is 0 Å².